The Morgan fingerprint density at radius 3 is 2.83 bits per heavy atom. The molecular weight excluding hydrogens is 298 g/mol. The second kappa shape index (κ2) is 5.34. The Bertz CT molecular complexity index is 470. The predicted molar refractivity (Wildman–Crippen MR) is 72.5 cm³/mol. The molecule has 0 aliphatic carbocycles. The number of rotatable bonds is 4. The first kappa shape index (κ1) is 13.5. The van der Waals surface area contributed by atoms with Gasteiger partial charge in [0.25, 0.3) is 0 Å². The molecule has 0 unspecified atom stereocenters. The van der Waals surface area contributed by atoms with Crippen molar-refractivity contribution in [3.8, 4) is 0 Å². The van der Waals surface area contributed by atoms with E-state index in [1.807, 2.05) is 24.9 Å². The first-order chi connectivity index (χ1) is 8.58. The van der Waals surface area contributed by atoms with E-state index in [2.05, 4.69) is 33.5 Å². The van der Waals surface area contributed by atoms with Crippen molar-refractivity contribution >= 4 is 22.0 Å². The average molecular weight is 316 g/mol. The molecule has 18 heavy (non-hydrogen) atoms. The molecule has 0 spiro atoms. The molecule has 6 heteroatoms. The molecule has 1 aliphatic heterocycles. The smallest absolute Gasteiger partial charge is 0.163 e. The van der Waals surface area contributed by atoms with Crippen LogP contribution in [0.3, 0.4) is 0 Å². The minimum Gasteiger partial charge on any atom is -0.339 e. The number of halogens is 1. The van der Waals surface area contributed by atoms with Crippen LogP contribution < -0.4 is 0 Å². The molecule has 0 atom stereocenters. The van der Waals surface area contributed by atoms with Crippen LogP contribution in [-0.2, 0) is 17.9 Å². The predicted octanol–water partition coefficient (Wildman–Crippen LogP) is 2.66. The lowest BCUT2D eigenvalue weighted by Crippen LogP contribution is -2.35. The fourth-order valence-corrected chi connectivity index (χ4v) is 2.69. The molecule has 0 saturated heterocycles. The van der Waals surface area contributed by atoms with Crippen molar-refractivity contribution in [2.75, 3.05) is 13.7 Å². The van der Waals surface area contributed by atoms with Crippen LogP contribution in [0, 0.1) is 0 Å². The van der Waals surface area contributed by atoms with E-state index >= 15 is 0 Å². The van der Waals surface area contributed by atoms with Gasteiger partial charge in [0.05, 0.1) is 19.0 Å². The second-order valence-electron chi connectivity index (χ2n) is 4.18. The van der Waals surface area contributed by atoms with Gasteiger partial charge in [-0.3, -0.25) is 5.21 Å². The summed E-state index contributed by atoms with van der Waals surface area (Å²) in [5.74, 6) is 0.630. The summed E-state index contributed by atoms with van der Waals surface area (Å²) in [7, 11) is 1.92. The van der Waals surface area contributed by atoms with Crippen molar-refractivity contribution in [1.82, 2.24) is 14.7 Å². The van der Waals surface area contributed by atoms with E-state index in [1.54, 1.807) is 0 Å². The van der Waals surface area contributed by atoms with Gasteiger partial charge < -0.3 is 9.47 Å². The zero-order valence-corrected chi connectivity index (χ0v) is 12.4. The van der Waals surface area contributed by atoms with Crippen LogP contribution in [0.1, 0.15) is 25.2 Å². The minimum absolute atomic E-state index is 0.421. The largest absolute Gasteiger partial charge is 0.339 e. The van der Waals surface area contributed by atoms with Gasteiger partial charge in [-0.2, -0.15) is 0 Å². The van der Waals surface area contributed by atoms with Crippen molar-refractivity contribution in [2.45, 2.75) is 26.9 Å². The maximum Gasteiger partial charge on any atom is 0.163 e. The van der Waals surface area contributed by atoms with Crippen LogP contribution in [0.15, 0.2) is 16.4 Å². The first-order valence-corrected chi connectivity index (χ1v) is 6.80. The van der Waals surface area contributed by atoms with E-state index in [1.165, 1.54) is 5.69 Å². The number of hydrogen-bond acceptors (Lipinski definition) is 4. The van der Waals surface area contributed by atoms with Crippen molar-refractivity contribution < 1.29 is 10.0 Å². The van der Waals surface area contributed by atoms with Crippen molar-refractivity contribution in [3.63, 3.8) is 0 Å². The maximum absolute atomic E-state index is 9.80. The molecule has 1 N–H and O–H groups in total. The summed E-state index contributed by atoms with van der Waals surface area (Å²) in [5.41, 5.74) is 2.32. The van der Waals surface area contributed by atoms with Gasteiger partial charge in [0, 0.05) is 23.3 Å². The van der Waals surface area contributed by atoms with Gasteiger partial charge in [-0.15, -0.1) is 5.23 Å². The Morgan fingerprint density at radius 1 is 1.50 bits per heavy atom. The molecule has 1 aliphatic rings. The Labute approximate surface area is 115 Å². The van der Waals surface area contributed by atoms with Crippen LogP contribution in [0.2, 0.25) is 0 Å². The second-order valence-corrected chi connectivity index (χ2v) is 5.04. The summed E-state index contributed by atoms with van der Waals surface area (Å²) in [6.07, 6.45) is 2.88. The highest BCUT2D eigenvalue weighted by Gasteiger charge is 2.23. The Hall–Kier alpha value is -0.980. The lowest BCUT2D eigenvalue weighted by atomic mass is 10.3. The zero-order valence-electron chi connectivity index (χ0n) is 10.9. The highest BCUT2D eigenvalue weighted by atomic mass is 79.9. The van der Waals surface area contributed by atoms with Crippen molar-refractivity contribution in [2.24, 2.45) is 0 Å². The van der Waals surface area contributed by atoms with E-state index in [0.29, 0.717) is 19.1 Å². The van der Waals surface area contributed by atoms with Crippen LogP contribution >= 0.6 is 15.9 Å². The van der Waals surface area contributed by atoms with Gasteiger partial charge in [-0.05, 0) is 35.3 Å². The monoisotopic (exact) mass is 315 g/mol. The van der Waals surface area contributed by atoms with Crippen LogP contribution in [-0.4, -0.2) is 33.6 Å². The van der Waals surface area contributed by atoms with Gasteiger partial charge in [0.1, 0.15) is 0 Å². The van der Waals surface area contributed by atoms with E-state index < -0.39 is 0 Å². The molecule has 0 amide bonds. The number of hydrogen-bond donors (Lipinski definition) is 1. The zero-order chi connectivity index (χ0) is 13.3. The van der Waals surface area contributed by atoms with E-state index in [9.17, 15) is 5.21 Å². The average Bonchev–Trinajstić information content (AvgIpc) is 2.65. The Balaban J connectivity index is 2.39. The molecule has 0 bridgehead atoms. The summed E-state index contributed by atoms with van der Waals surface area (Å²) >= 11 is 3.55. The van der Waals surface area contributed by atoms with Gasteiger partial charge in [-0.1, -0.05) is 6.92 Å². The van der Waals surface area contributed by atoms with Gasteiger partial charge in [-0.25, -0.2) is 4.84 Å². The number of nitrogens with zero attached hydrogens (tertiary/aromatic N) is 3. The fraction of sp³-hybridized carbons (Fsp3) is 0.500. The molecule has 0 fully saturated rings. The first-order valence-electron chi connectivity index (χ1n) is 6.01. The number of aryl methyl sites for hydroxylation is 1. The molecular formula is C12H18BrN3O2. The summed E-state index contributed by atoms with van der Waals surface area (Å²) in [5, 5.41) is 10.6. The molecule has 5 nitrogen and oxygen atoms in total. The Morgan fingerprint density at radius 2 is 2.22 bits per heavy atom. The van der Waals surface area contributed by atoms with E-state index in [-0.39, 0.29) is 0 Å². The van der Waals surface area contributed by atoms with Gasteiger partial charge in [0.15, 0.2) is 5.82 Å². The molecule has 100 valence electrons. The highest BCUT2D eigenvalue weighted by molar-refractivity contribution is 9.10. The van der Waals surface area contributed by atoms with Crippen LogP contribution in [0.5, 0.6) is 0 Å². The van der Waals surface area contributed by atoms with Crippen molar-refractivity contribution in [1.29, 1.82) is 0 Å². The lowest BCUT2D eigenvalue weighted by Gasteiger charge is -2.32. The standard InChI is InChI=1S/C12H18BrN3O2/c1-4-9-6-10(13)11-7-12(16(17)18-5-2)14(3)8-15(9)11/h6-7,17H,4-5,8H2,1-3H3. The van der Waals surface area contributed by atoms with Crippen molar-refractivity contribution in [3.05, 3.63) is 27.7 Å². The summed E-state index contributed by atoms with van der Waals surface area (Å²) in [4.78, 5) is 7.03. The number of aromatic nitrogens is 1. The third-order valence-electron chi connectivity index (χ3n) is 3.00. The maximum atomic E-state index is 9.80. The van der Waals surface area contributed by atoms with E-state index in [0.717, 1.165) is 21.8 Å². The van der Waals surface area contributed by atoms with Crippen LogP contribution in [0.4, 0.5) is 0 Å². The minimum atomic E-state index is 0.421. The molecule has 1 aromatic heterocycles. The normalized spacial score (nSPS) is 14.5. The SMILES string of the molecule is CCON(O)C1=Cc2c(Br)cc(CC)n2CN1C. The van der Waals surface area contributed by atoms with Crippen LogP contribution in [0.25, 0.3) is 6.08 Å². The van der Waals surface area contributed by atoms with E-state index in [4.69, 9.17) is 4.84 Å². The number of fused-ring (bicyclic) bond motifs is 1. The van der Waals surface area contributed by atoms with Gasteiger partial charge >= 0.3 is 0 Å². The van der Waals surface area contributed by atoms with Gasteiger partial charge in [0.2, 0.25) is 0 Å². The number of hydroxylamine groups is 2. The molecule has 2 rings (SSSR count). The summed E-state index contributed by atoms with van der Waals surface area (Å²) < 4.78 is 3.25. The topological polar surface area (TPSA) is 40.9 Å². The third kappa shape index (κ3) is 2.28. The third-order valence-corrected chi connectivity index (χ3v) is 3.63. The molecule has 1 aromatic rings. The molecule has 0 saturated carbocycles. The molecule has 0 radical (unpaired) electrons. The fourth-order valence-electron chi connectivity index (χ4n) is 2.10. The summed E-state index contributed by atoms with van der Waals surface area (Å²) in [6.45, 7) is 5.08. The quantitative estimate of drug-likeness (QED) is 0.867. The lowest BCUT2D eigenvalue weighted by molar-refractivity contribution is -0.323. The molecule has 2 heterocycles. The highest BCUT2D eigenvalue weighted by Crippen LogP contribution is 2.30. The summed E-state index contributed by atoms with van der Waals surface area (Å²) in [6, 6.07) is 2.12. The molecule has 0 aromatic carbocycles. The Kier molecular flexibility index (Phi) is 3.99.